The number of carbonyl (C=O) groups is 1. The number of piperidine rings is 1. The second-order valence-corrected chi connectivity index (χ2v) is 5.33. The Morgan fingerprint density at radius 3 is 2.76 bits per heavy atom. The Hall–Kier alpha value is -1.62. The fourth-order valence-electron chi connectivity index (χ4n) is 2.54. The Kier molecular flexibility index (Phi) is 5.99. The molecule has 5 heteroatoms. The smallest absolute Gasteiger partial charge is 0.222 e. The second kappa shape index (κ2) is 7.98. The number of halogens is 1. The van der Waals surface area contributed by atoms with Gasteiger partial charge in [-0.1, -0.05) is 12.1 Å². The van der Waals surface area contributed by atoms with Gasteiger partial charge < -0.3 is 15.0 Å². The van der Waals surface area contributed by atoms with Crippen LogP contribution in [0.4, 0.5) is 4.39 Å². The zero-order chi connectivity index (χ0) is 15.1. The third-order valence-corrected chi connectivity index (χ3v) is 3.89. The highest BCUT2D eigenvalue weighted by Crippen LogP contribution is 2.16. The number of nitrogens with one attached hydrogen (secondary N) is 1. The molecule has 2 rings (SSSR count). The van der Waals surface area contributed by atoms with Gasteiger partial charge in [0.15, 0.2) is 11.6 Å². The van der Waals surface area contributed by atoms with Crippen LogP contribution in [0.5, 0.6) is 5.75 Å². The molecule has 0 saturated carbocycles. The molecule has 116 valence electrons. The average Bonchev–Trinajstić information content (AvgIpc) is 2.53. The topological polar surface area (TPSA) is 41.6 Å². The molecule has 0 aliphatic carbocycles. The van der Waals surface area contributed by atoms with E-state index in [-0.39, 0.29) is 17.5 Å². The van der Waals surface area contributed by atoms with E-state index in [1.54, 1.807) is 18.2 Å². The number of likely N-dealkylation sites (tertiary alicyclic amines) is 1. The zero-order valence-corrected chi connectivity index (χ0v) is 12.5. The maximum Gasteiger partial charge on any atom is 0.222 e. The maximum absolute atomic E-state index is 13.3. The summed E-state index contributed by atoms with van der Waals surface area (Å²) in [5, 5.41) is 3.25. The summed E-state index contributed by atoms with van der Waals surface area (Å²) >= 11 is 0. The van der Waals surface area contributed by atoms with Crippen molar-refractivity contribution in [2.24, 2.45) is 0 Å². The Labute approximate surface area is 125 Å². The summed E-state index contributed by atoms with van der Waals surface area (Å²) in [7, 11) is 1.96. The molecule has 21 heavy (non-hydrogen) atoms. The fourth-order valence-corrected chi connectivity index (χ4v) is 2.54. The number of ether oxygens (including phenoxy) is 1. The van der Waals surface area contributed by atoms with Gasteiger partial charge in [-0.3, -0.25) is 4.79 Å². The van der Waals surface area contributed by atoms with Crippen molar-refractivity contribution < 1.29 is 13.9 Å². The number of rotatable bonds is 6. The lowest BCUT2D eigenvalue weighted by atomic mass is 10.0. The van der Waals surface area contributed by atoms with Crippen molar-refractivity contribution in [3.63, 3.8) is 0 Å². The van der Waals surface area contributed by atoms with E-state index in [0.717, 1.165) is 25.9 Å². The lowest BCUT2D eigenvalue weighted by Crippen LogP contribution is -2.43. The number of nitrogens with zero attached hydrogens (tertiary/aromatic N) is 1. The van der Waals surface area contributed by atoms with Crippen LogP contribution in [0.3, 0.4) is 0 Å². The number of amides is 1. The first kappa shape index (κ1) is 15.8. The Bertz CT molecular complexity index is 459. The maximum atomic E-state index is 13.3. The summed E-state index contributed by atoms with van der Waals surface area (Å²) in [4.78, 5) is 14.0. The normalized spacial score (nSPS) is 16.0. The molecule has 1 aliphatic heterocycles. The van der Waals surface area contributed by atoms with Crippen LogP contribution in [-0.4, -0.2) is 43.6 Å². The van der Waals surface area contributed by atoms with Crippen molar-refractivity contribution in [3.05, 3.63) is 30.1 Å². The van der Waals surface area contributed by atoms with Crippen LogP contribution in [0.15, 0.2) is 24.3 Å². The van der Waals surface area contributed by atoms with Crippen molar-refractivity contribution >= 4 is 5.91 Å². The molecule has 1 amide bonds. The summed E-state index contributed by atoms with van der Waals surface area (Å²) in [5.41, 5.74) is 0. The molecule has 1 aliphatic rings. The molecule has 0 aromatic heterocycles. The highest BCUT2D eigenvalue weighted by Gasteiger charge is 2.21. The van der Waals surface area contributed by atoms with E-state index in [2.05, 4.69) is 5.32 Å². The molecule has 0 bridgehead atoms. The van der Waals surface area contributed by atoms with Crippen molar-refractivity contribution in [1.29, 1.82) is 0 Å². The van der Waals surface area contributed by atoms with Crippen molar-refractivity contribution in [2.45, 2.75) is 31.7 Å². The highest BCUT2D eigenvalue weighted by atomic mass is 19.1. The zero-order valence-electron chi connectivity index (χ0n) is 12.5. The average molecular weight is 294 g/mol. The molecular weight excluding hydrogens is 271 g/mol. The summed E-state index contributed by atoms with van der Waals surface area (Å²) in [5.74, 6) is 0.0550. The highest BCUT2D eigenvalue weighted by molar-refractivity contribution is 5.76. The van der Waals surface area contributed by atoms with Crippen LogP contribution in [-0.2, 0) is 4.79 Å². The standard InChI is InChI=1S/C16H23FN2O2/c1-18-13-8-10-19(11-9-13)16(20)7-4-12-21-15-6-3-2-5-14(15)17/h2-3,5-6,13,18H,4,7-12H2,1H3. The largest absolute Gasteiger partial charge is 0.491 e. The summed E-state index contributed by atoms with van der Waals surface area (Å²) < 4.78 is 18.7. The molecule has 1 aromatic rings. The molecule has 1 heterocycles. The lowest BCUT2D eigenvalue weighted by molar-refractivity contribution is -0.132. The van der Waals surface area contributed by atoms with Gasteiger partial charge >= 0.3 is 0 Å². The van der Waals surface area contributed by atoms with Crippen molar-refractivity contribution in [1.82, 2.24) is 10.2 Å². The third-order valence-electron chi connectivity index (χ3n) is 3.89. The lowest BCUT2D eigenvalue weighted by Gasteiger charge is -2.31. The molecule has 0 unspecified atom stereocenters. The number of benzene rings is 1. The van der Waals surface area contributed by atoms with E-state index in [9.17, 15) is 9.18 Å². The van der Waals surface area contributed by atoms with Crippen LogP contribution in [0.2, 0.25) is 0 Å². The molecule has 1 fully saturated rings. The molecular formula is C16H23FN2O2. The second-order valence-electron chi connectivity index (χ2n) is 5.33. The molecule has 1 aromatic carbocycles. The minimum Gasteiger partial charge on any atom is -0.491 e. The number of carbonyl (C=O) groups excluding carboxylic acids is 1. The molecule has 1 N–H and O–H groups in total. The minimum absolute atomic E-state index is 0.168. The number of hydrogen-bond donors (Lipinski definition) is 1. The SMILES string of the molecule is CNC1CCN(C(=O)CCCOc2ccccc2F)CC1. The number of hydrogen-bond acceptors (Lipinski definition) is 3. The molecule has 0 atom stereocenters. The summed E-state index contributed by atoms with van der Waals surface area (Å²) in [6.45, 7) is 2.00. The first-order valence-corrected chi connectivity index (χ1v) is 7.53. The fraction of sp³-hybridized carbons (Fsp3) is 0.562. The Morgan fingerprint density at radius 1 is 1.38 bits per heavy atom. The predicted octanol–water partition coefficient (Wildman–Crippen LogP) is 2.20. The van der Waals surface area contributed by atoms with E-state index in [0.29, 0.717) is 25.5 Å². The predicted molar refractivity (Wildman–Crippen MR) is 79.8 cm³/mol. The molecule has 0 radical (unpaired) electrons. The third kappa shape index (κ3) is 4.70. The van der Waals surface area contributed by atoms with Gasteiger partial charge in [0.2, 0.25) is 5.91 Å². The first-order valence-electron chi connectivity index (χ1n) is 7.53. The van der Waals surface area contributed by atoms with Crippen LogP contribution in [0.25, 0.3) is 0 Å². The summed E-state index contributed by atoms with van der Waals surface area (Å²) in [6.07, 6.45) is 3.08. The van der Waals surface area contributed by atoms with Crippen LogP contribution in [0.1, 0.15) is 25.7 Å². The Balaban J connectivity index is 1.65. The van der Waals surface area contributed by atoms with Gasteiger partial charge in [-0.25, -0.2) is 4.39 Å². The van der Waals surface area contributed by atoms with E-state index in [1.165, 1.54) is 6.07 Å². The van der Waals surface area contributed by atoms with Gasteiger partial charge in [0.1, 0.15) is 0 Å². The van der Waals surface area contributed by atoms with Gasteiger partial charge in [-0.2, -0.15) is 0 Å². The quantitative estimate of drug-likeness (QED) is 0.818. The van der Waals surface area contributed by atoms with Crippen LogP contribution in [0, 0.1) is 5.82 Å². The van der Waals surface area contributed by atoms with E-state index >= 15 is 0 Å². The van der Waals surface area contributed by atoms with E-state index in [4.69, 9.17) is 4.74 Å². The van der Waals surface area contributed by atoms with Gasteiger partial charge in [0.25, 0.3) is 0 Å². The van der Waals surface area contributed by atoms with Crippen molar-refractivity contribution in [3.8, 4) is 5.75 Å². The van der Waals surface area contributed by atoms with Crippen LogP contribution >= 0.6 is 0 Å². The first-order chi connectivity index (χ1) is 10.2. The number of para-hydroxylation sites is 1. The van der Waals surface area contributed by atoms with Crippen molar-refractivity contribution in [2.75, 3.05) is 26.7 Å². The van der Waals surface area contributed by atoms with Gasteiger partial charge in [0, 0.05) is 25.6 Å². The molecule has 0 spiro atoms. The van der Waals surface area contributed by atoms with Crippen LogP contribution < -0.4 is 10.1 Å². The summed E-state index contributed by atoms with van der Waals surface area (Å²) in [6, 6.07) is 6.85. The molecule has 4 nitrogen and oxygen atoms in total. The van der Waals surface area contributed by atoms with E-state index < -0.39 is 0 Å². The Morgan fingerprint density at radius 2 is 2.10 bits per heavy atom. The molecule has 1 saturated heterocycles. The van der Waals surface area contributed by atoms with Gasteiger partial charge in [-0.05, 0) is 38.4 Å². The monoisotopic (exact) mass is 294 g/mol. The van der Waals surface area contributed by atoms with Gasteiger partial charge in [0.05, 0.1) is 6.61 Å². The minimum atomic E-state index is -0.363. The van der Waals surface area contributed by atoms with E-state index in [1.807, 2.05) is 11.9 Å². The van der Waals surface area contributed by atoms with Gasteiger partial charge in [-0.15, -0.1) is 0 Å².